The van der Waals surface area contributed by atoms with Crippen LogP contribution in [0.3, 0.4) is 0 Å². The third-order valence-corrected chi connectivity index (χ3v) is 9.48. The molecule has 0 amide bonds. The average molecular weight is 538 g/mol. The number of rotatable bonds is 6. The molecule has 0 spiro atoms. The molecule has 188 valence electrons. The SMILES string of the molecule is N#CC(=Cc1cn(-c2ccccc2)nc1-c1cccc(S(=O)(=O)N2CCCC2)c1)c1nc2ccccc2s1. The van der Waals surface area contributed by atoms with Gasteiger partial charge in [-0.3, -0.25) is 0 Å². The summed E-state index contributed by atoms with van der Waals surface area (Å²) in [5, 5.41) is 15.5. The molecule has 0 unspecified atom stereocenters. The third kappa shape index (κ3) is 4.54. The van der Waals surface area contributed by atoms with E-state index in [0.717, 1.165) is 28.7 Å². The van der Waals surface area contributed by atoms with Crippen molar-refractivity contribution in [3.63, 3.8) is 0 Å². The van der Waals surface area contributed by atoms with Gasteiger partial charge in [0.2, 0.25) is 10.0 Å². The molecule has 0 aliphatic carbocycles. The maximum Gasteiger partial charge on any atom is 0.243 e. The van der Waals surface area contributed by atoms with E-state index < -0.39 is 10.0 Å². The van der Waals surface area contributed by atoms with Gasteiger partial charge < -0.3 is 0 Å². The first-order valence-corrected chi connectivity index (χ1v) is 14.5. The minimum atomic E-state index is -3.59. The summed E-state index contributed by atoms with van der Waals surface area (Å²) in [5.74, 6) is 0. The zero-order valence-corrected chi connectivity index (χ0v) is 22.0. The molecule has 3 heterocycles. The van der Waals surface area contributed by atoms with Gasteiger partial charge in [0.1, 0.15) is 16.8 Å². The molecule has 0 atom stereocenters. The molecular formula is C29H23N5O2S2. The Hall–Kier alpha value is -4.10. The van der Waals surface area contributed by atoms with Crippen LogP contribution < -0.4 is 0 Å². The number of nitriles is 1. The predicted molar refractivity (Wildman–Crippen MR) is 150 cm³/mol. The van der Waals surface area contributed by atoms with Crippen LogP contribution >= 0.6 is 11.3 Å². The summed E-state index contributed by atoms with van der Waals surface area (Å²) in [5.41, 5.74) is 4.05. The molecule has 0 N–H and O–H groups in total. The van der Waals surface area contributed by atoms with E-state index in [1.807, 2.05) is 66.9 Å². The van der Waals surface area contributed by atoms with Gasteiger partial charge >= 0.3 is 0 Å². The fraction of sp³-hybridized carbons (Fsp3) is 0.138. The fourth-order valence-electron chi connectivity index (χ4n) is 4.60. The number of thiazole rings is 1. The molecule has 5 aromatic rings. The zero-order chi connectivity index (χ0) is 26.1. The van der Waals surface area contributed by atoms with Gasteiger partial charge in [0.25, 0.3) is 0 Å². The van der Waals surface area contributed by atoms with Gasteiger partial charge in [-0.1, -0.05) is 42.5 Å². The van der Waals surface area contributed by atoms with Gasteiger partial charge in [-0.15, -0.1) is 11.3 Å². The average Bonchev–Trinajstić information content (AvgIpc) is 3.72. The van der Waals surface area contributed by atoms with Crippen molar-refractivity contribution >= 4 is 43.2 Å². The van der Waals surface area contributed by atoms with Crippen LogP contribution in [0.4, 0.5) is 0 Å². The van der Waals surface area contributed by atoms with Gasteiger partial charge in [0.15, 0.2) is 0 Å². The molecular weight excluding hydrogens is 514 g/mol. The van der Waals surface area contributed by atoms with Gasteiger partial charge in [0.05, 0.1) is 26.4 Å². The highest BCUT2D eigenvalue weighted by Gasteiger charge is 2.27. The molecule has 1 aliphatic heterocycles. The van der Waals surface area contributed by atoms with Crippen LogP contribution in [-0.4, -0.2) is 40.6 Å². The molecule has 0 radical (unpaired) electrons. The molecule has 1 fully saturated rings. The van der Waals surface area contributed by atoms with E-state index in [9.17, 15) is 13.7 Å². The van der Waals surface area contributed by atoms with E-state index in [1.54, 1.807) is 29.0 Å². The molecule has 1 saturated heterocycles. The maximum atomic E-state index is 13.3. The first-order chi connectivity index (χ1) is 18.5. The lowest BCUT2D eigenvalue weighted by Gasteiger charge is -2.15. The highest BCUT2D eigenvalue weighted by atomic mass is 32.2. The number of benzene rings is 3. The molecule has 38 heavy (non-hydrogen) atoms. The number of hydrogen-bond acceptors (Lipinski definition) is 6. The summed E-state index contributed by atoms with van der Waals surface area (Å²) in [7, 11) is -3.59. The van der Waals surface area contributed by atoms with Crippen LogP contribution in [0.15, 0.2) is 90.0 Å². The molecule has 0 saturated carbocycles. The first kappa shape index (κ1) is 24.2. The summed E-state index contributed by atoms with van der Waals surface area (Å²) in [6, 6.07) is 26.6. The number of fused-ring (bicyclic) bond motifs is 1. The number of para-hydroxylation sites is 2. The summed E-state index contributed by atoms with van der Waals surface area (Å²) < 4.78 is 30.8. The van der Waals surface area contributed by atoms with Crippen LogP contribution in [0.1, 0.15) is 23.4 Å². The number of allylic oxidation sites excluding steroid dienone is 1. The topological polar surface area (TPSA) is 91.9 Å². The Labute approximate surface area is 225 Å². The Morgan fingerprint density at radius 1 is 0.974 bits per heavy atom. The van der Waals surface area contributed by atoms with Crippen molar-refractivity contribution in [3.05, 3.63) is 95.6 Å². The Morgan fingerprint density at radius 3 is 2.50 bits per heavy atom. The van der Waals surface area contributed by atoms with Crippen molar-refractivity contribution in [2.75, 3.05) is 13.1 Å². The summed E-state index contributed by atoms with van der Waals surface area (Å²) in [6.07, 6.45) is 5.38. The lowest BCUT2D eigenvalue weighted by atomic mass is 10.1. The molecule has 0 bridgehead atoms. The molecule has 9 heteroatoms. The molecule has 6 rings (SSSR count). The minimum absolute atomic E-state index is 0.243. The highest BCUT2D eigenvalue weighted by molar-refractivity contribution is 7.89. The van der Waals surface area contributed by atoms with Gasteiger partial charge in [0, 0.05) is 30.4 Å². The first-order valence-electron chi connectivity index (χ1n) is 12.3. The fourth-order valence-corrected chi connectivity index (χ4v) is 7.09. The zero-order valence-electron chi connectivity index (χ0n) is 20.4. The normalized spacial score (nSPS) is 14.7. The van der Waals surface area contributed by atoms with Crippen molar-refractivity contribution in [1.82, 2.24) is 19.1 Å². The summed E-state index contributed by atoms with van der Waals surface area (Å²) in [6.45, 7) is 1.08. The van der Waals surface area contributed by atoms with E-state index in [1.165, 1.54) is 15.6 Å². The Morgan fingerprint density at radius 2 is 1.74 bits per heavy atom. The van der Waals surface area contributed by atoms with E-state index >= 15 is 0 Å². The molecule has 3 aromatic carbocycles. The Bertz CT molecular complexity index is 1780. The lowest BCUT2D eigenvalue weighted by Crippen LogP contribution is -2.27. The van der Waals surface area contributed by atoms with Crippen LogP contribution in [0.2, 0.25) is 0 Å². The quantitative estimate of drug-likeness (QED) is 0.248. The number of nitrogens with zero attached hydrogens (tertiary/aromatic N) is 5. The van der Waals surface area contributed by atoms with E-state index in [4.69, 9.17) is 5.10 Å². The lowest BCUT2D eigenvalue weighted by molar-refractivity contribution is 0.477. The second-order valence-corrected chi connectivity index (χ2v) is 12.0. The maximum absolute atomic E-state index is 13.3. The second-order valence-electron chi connectivity index (χ2n) is 9.01. The van der Waals surface area contributed by atoms with Crippen molar-refractivity contribution in [2.45, 2.75) is 17.7 Å². The largest absolute Gasteiger partial charge is 0.243 e. The van der Waals surface area contributed by atoms with Gasteiger partial charge in [-0.05, 0) is 55.3 Å². The predicted octanol–water partition coefficient (Wildman–Crippen LogP) is 6.00. The van der Waals surface area contributed by atoms with E-state index in [0.29, 0.717) is 40.5 Å². The van der Waals surface area contributed by atoms with E-state index in [2.05, 4.69) is 11.1 Å². The standard InChI is InChI=1S/C29H23N5O2S2/c30-19-22(29-31-26-13-4-5-14-27(26)37-29)17-23-20-34(24-10-2-1-3-11-24)32-28(23)21-9-8-12-25(18-21)38(35,36)33-15-6-7-16-33/h1-5,8-14,17-18,20H,6-7,15-16H2. The van der Waals surface area contributed by atoms with Crippen molar-refractivity contribution in [1.29, 1.82) is 5.26 Å². The summed E-state index contributed by atoms with van der Waals surface area (Å²) >= 11 is 1.46. The highest BCUT2D eigenvalue weighted by Crippen LogP contribution is 2.32. The van der Waals surface area contributed by atoms with Crippen molar-refractivity contribution < 1.29 is 8.42 Å². The monoisotopic (exact) mass is 537 g/mol. The molecule has 7 nitrogen and oxygen atoms in total. The van der Waals surface area contributed by atoms with Gasteiger partial charge in [-0.2, -0.15) is 14.7 Å². The van der Waals surface area contributed by atoms with Crippen LogP contribution in [0, 0.1) is 11.3 Å². The minimum Gasteiger partial charge on any atom is -0.240 e. The van der Waals surface area contributed by atoms with Crippen LogP contribution in [0.5, 0.6) is 0 Å². The number of hydrogen-bond donors (Lipinski definition) is 0. The van der Waals surface area contributed by atoms with Crippen molar-refractivity contribution in [2.24, 2.45) is 0 Å². The summed E-state index contributed by atoms with van der Waals surface area (Å²) in [4.78, 5) is 4.90. The Kier molecular flexibility index (Phi) is 6.37. The molecule has 2 aromatic heterocycles. The molecule has 1 aliphatic rings. The third-order valence-electron chi connectivity index (χ3n) is 6.52. The van der Waals surface area contributed by atoms with E-state index in [-0.39, 0.29) is 4.90 Å². The number of sulfonamides is 1. The smallest absolute Gasteiger partial charge is 0.240 e. The van der Waals surface area contributed by atoms with Crippen LogP contribution in [0.25, 0.3) is 38.8 Å². The second kappa shape index (κ2) is 9.99. The van der Waals surface area contributed by atoms with Crippen LogP contribution in [-0.2, 0) is 10.0 Å². The number of aromatic nitrogens is 3. The van der Waals surface area contributed by atoms with Gasteiger partial charge in [-0.25, -0.2) is 18.1 Å². The Balaban J connectivity index is 1.48. The van der Waals surface area contributed by atoms with Crippen molar-refractivity contribution in [3.8, 4) is 23.0 Å².